The number of rotatable bonds is 8. The molecule has 1 saturated heterocycles. The van der Waals surface area contributed by atoms with E-state index in [2.05, 4.69) is 25.2 Å². The van der Waals surface area contributed by atoms with Crippen molar-refractivity contribution in [2.24, 2.45) is 0 Å². The van der Waals surface area contributed by atoms with Crippen LogP contribution in [0.25, 0.3) is 11.1 Å². The van der Waals surface area contributed by atoms with Crippen LogP contribution in [0, 0.1) is 0 Å². The summed E-state index contributed by atoms with van der Waals surface area (Å²) in [7, 11) is 3.53. The molecule has 0 unspecified atom stereocenters. The summed E-state index contributed by atoms with van der Waals surface area (Å²) >= 11 is 0. The monoisotopic (exact) mass is 446 g/mol. The lowest BCUT2D eigenvalue weighted by Crippen LogP contribution is -2.44. The maximum atomic E-state index is 12.5. The van der Waals surface area contributed by atoms with Crippen LogP contribution in [-0.4, -0.2) is 72.1 Å². The number of aromatic nitrogens is 3. The van der Waals surface area contributed by atoms with Crippen LogP contribution in [0.4, 0.5) is 5.82 Å². The van der Waals surface area contributed by atoms with Gasteiger partial charge in [-0.05, 0) is 31.0 Å². The average Bonchev–Trinajstić information content (AvgIpc) is 2.87. The Kier molecular flexibility index (Phi) is 7.47. The largest absolute Gasteiger partial charge is 0.492 e. The molecule has 1 N–H and O–H groups in total. The van der Waals surface area contributed by atoms with E-state index in [1.165, 1.54) is 6.33 Å². The quantitative estimate of drug-likeness (QED) is 0.533. The summed E-state index contributed by atoms with van der Waals surface area (Å²) in [5.41, 5.74) is 2.59. The molecule has 0 saturated carbocycles. The van der Waals surface area contributed by atoms with Crippen molar-refractivity contribution in [3.8, 4) is 16.9 Å². The van der Waals surface area contributed by atoms with Gasteiger partial charge in [0.25, 0.3) is 5.91 Å². The van der Waals surface area contributed by atoms with Crippen LogP contribution in [0.5, 0.6) is 5.75 Å². The van der Waals surface area contributed by atoms with Crippen molar-refractivity contribution >= 4 is 11.7 Å². The van der Waals surface area contributed by atoms with Gasteiger partial charge in [0.1, 0.15) is 24.5 Å². The van der Waals surface area contributed by atoms with Gasteiger partial charge in [0.15, 0.2) is 0 Å². The molecular weight excluding hydrogens is 416 g/mol. The normalized spacial score (nSPS) is 14.2. The predicted octanol–water partition coefficient (Wildman–Crippen LogP) is 2.88. The van der Waals surface area contributed by atoms with Crippen molar-refractivity contribution < 1.29 is 9.53 Å². The predicted molar refractivity (Wildman–Crippen MR) is 128 cm³/mol. The number of carbonyl (C=O) groups is 1. The number of ether oxygens (including phenoxy) is 1. The number of hydrogen-bond donors (Lipinski definition) is 1. The molecule has 1 amide bonds. The number of piperidine rings is 1. The van der Waals surface area contributed by atoms with Crippen molar-refractivity contribution in [3.05, 3.63) is 66.9 Å². The topological polar surface area (TPSA) is 83.5 Å². The Morgan fingerprint density at radius 1 is 1.12 bits per heavy atom. The van der Waals surface area contributed by atoms with Gasteiger partial charge in [-0.1, -0.05) is 18.2 Å². The average molecular weight is 447 g/mol. The second-order valence-corrected chi connectivity index (χ2v) is 8.26. The fourth-order valence-electron chi connectivity index (χ4n) is 4.05. The van der Waals surface area contributed by atoms with Gasteiger partial charge in [0.05, 0.1) is 5.56 Å². The van der Waals surface area contributed by atoms with Gasteiger partial charge in [0.2, 0.25) is 0 Å². The van der Waals surface area contributed by atoms with E-state index in [9.17, 15) is 4.79 Å². The molecule has 4 rings (SSSR count). The maximum Gasteiger partial charge on any atom is 0.257 e. The van der Waals surface area contributed by atoms with Gasteiger partial charge in [-0.3, -0.25) is 4.79 Å². The number of nitrogens with one attached hydrogen (secondary N) is 1. The minimum absolute atomic E-state index is 0.0159. The highest BCUT2D eigenvalue weighted by molar-refractivity contribution is 5.98. The van der Waals surface area contributed by atoms with Gasteiger partial charge >= 0.3 is 0 Å². The number of anilines is 1. The first-order valence-corrected chi connectivity index (χ1v) is 11.3. The Morgan fingerprint density at radius 3 is 2.64 bits per heavy atom. The summed E-state index contributed by atoms with van der Waals surface area (Å²) in [5.74, 6) is 1.59. The summed E-state index contributed by atoms with van der Waals surface area (Å²) in [5, 5.41) is 3.61. The van der Waals surface area contributed by atoms with E-state index in [1.807, 2.05) is 36.4 Å². The highest BCUT2D eigenvalue weighted by Crippen LogP contribution is 2.28. The molecule has 1 aliphatic rings. The van der Waals surface area contributed by atoms with Crippen molar-refractivity contribution in [2.75, 3.05) is 45.2 Å². The van der Waals surface area contributed by atoms with E-state index in [1.54, 1.807) is 37.6 Å². The summed E-state index contributed by atoms with van der Waals surface area (Å²) in [6.45, 7) is 3.06. The molecule has 0 radical (unpaired) electrons. The fourth-order valence-corrected chi connectivity index (χ4v) is 4.05. The van der Waals surface area contributed by atoms with Gasteiger partial charge in [-0.15, -0.1) is 0 Å². The molecule has 33 heavy (non-hydrogen) atoms. The third kappa shape index (κ3) is 5.64. The Bertz CT molecular complexity index is 1050. The number of nitrogens with zero attached hydrogens (tertiary/aromatic N) is 5. The third-order valence-electron chi connectivity index (χ3n) is 5.77. The van der Waals surface area contributed by atoms with Crippen LogP contribution in [0.15, 0.2) is 61.3 Å². The van der Waals surface area contributed by atoms with E-state index in [0.717, 1.165) is 55.2 Å². The standard InChI is InChI=1S/C25H30N6O2/c1-30(2)25(32)22-7-5-11-29-24(22)31-13-9-20(10-14-31)28-12-15-33-23-8-4-3-6-21(23)19-16-26-18-27-17-19/h3-8,11,16-18,20,28H,9-10,12-15H2,1-2H3. The zero-order chi connectivity index (χ0) is 23.0. The minimum Gasteiger partial charge on any atom is -0.492 e. The minimum atomic E-state index is -0.0159. The molecule has 1 aliphatic heterocycles. The summed E-state index contributed by atoms with van der Waals surface area (Å²) in [6, 6.07) is 12.0. The highest BCUT2D eigenvalue weighted by atomic mass is 16.5. The number of para-hydroxylation sites is 1. The van der Waals surface area contributed by atoms with Gasteiger partial charge in [-0.2, -0.15) is 0 Å². The summed E-state index contributed by atoms with van der Waals surface area (Å²) in [4.78, 5) is 29.0. The van der Waals surface area contributed by atoms with E-state index in [0.29, 0.717) is 18.2 Å². The van der Waals surface area contributed by atoms with Crippen LogP contribution in [0.3, 0.4) is 0 Å². The Balaban J connectivity index is 1.26. The first kappa shape index (κ1) is 22.7. The van der Waals surface area contributed by atoms with Crippen LogP contribution in [-0.2, 0) is 0 Å². The van der Waals surface area contributed by atoms with Gasteiger partial charge in [0, 0.05) is 69.5 Å². The lowest BCUT2D eigenvalue weighted by atomic mass is 10.0. The Morgan fingerprint density at radius 2 is 1.88 bits per heavy atom. The van der Waals surface area contributed by atoms with E-state index in [-0.39, 0.29) is 5.91 Å². The molecule has 0 aliphatic carbocycles. The maximum absolute atomic E-state index is 12.5. The third-order valence-corrected chi connectivity index (χ3v) is 5.77. The van der Waals surface area contributed by atoms with Crippen LogP contribution >= 0.6 is 0 Å². The molecule has 0 atom stereocenters. The van der Waals surface area contributed by atoms with Crippen LogP contribution < -0.4 is 15.0 Å². The van der Waals surface area contributed by atoms with Crippen LogP contribution in [0.1, 0.15) is 23.2 Å². The number of hydrogen-bond acceptors (Lipinski definition) is 7. The van der Waals surface area contributed by atoms with E-state index >= 15 is 0 Å². The molecule has 8 nitrogen and oxygen atoms in total. The van der Waals surface area contributed by atoms with Gasteiger partial charge < -0.3 is 19.9 Å². The molecule has 172 valence electrons. The zero-order valence-electron chi connectivity index (χ0n) is 19.1. The molecule has 1 aromatic carbocycles. The first-order chi connectivity index (χ1) is 16.1. The Hall–Kier alpha value is -3.52. The number of pyridine rings is 1. The second kappa shape index (κ2) is 10.9. The number of carbonyl (C=O) groups excluding carboxylic acids is 1. The molecule has 0 bridgehead atoms. The van der Waals surface area contributed by atoms with Crippen molar-refractivity contribution in [2.45, 2.75) is 18.9 Å². The van der Waals surface area contributed by atoms with E-state index in [4.69, 9.17) is 4.74 Å². The number of benzene rings is 1. The molecule has 2 aromatic heterocycles. The molecule has 3 aromatic rings. The van der Waals surface area contributed by atoms with E-state index < -0.39 is 0 Å². The zero-order valence-corrected chi connectivity index (χ0v) is 19.1. The van der Waals surface area contributed by atoms with Crippen molar-refractivity contribution in [1.29, 1.82) is 0 Å². The highest BCUT2D eigenvalue weighted by Gasteiger charge is 2.24. The smallest absolute Gasteiger partial charge is 0.257 e. The lowest BCUT2D eigenvalue weighted by Gasteiger charge is -2.34. The molecular formula is C25H30N6O2. The number of amides is 1. The summed E-state index contributed by atoms with van der Waals surface area (Å²) in [6.07, 6.45) is 8.84. The SMILES string of the molecule is CN(C)C(=O)c1cccnc1N1CCC(NCCOc2ccccc2-c2cncnc2)CC1. The Labute approximate surface area is 194 Å². The summed E-state index contributed by atoms with van der Waals surface area (Å²) < 4.78 is 6.06. The van der Waals surface area contributed by atoms with Gasteiger partial charge in [-0.25, -0.2) is 15.0 Å². The first-order valence-electron chi connectivity index (χ1n) is 11.3. The molecule has 0 spiro atoms. The molecule has 1 fully saturated rings. The molecule has 8 heteroatoms. The van der Waals surface area contributed by atoms with Crippen molar-refractivity contribution in [3.63, 3.8) is 0 Å². The van der Waals surface area contributed by atoms with Crippen LogP contribution in [0.2, 0.25) is 0 Å². The fraction of sp³-hybridized carbons (Fsp3) is 0.360. The second-order valence-electron chi connectivity index (χ2n) is 8.26. The lowest BCUT2D eigenvalue weighted by molar-refractivity contribution is 0.0827. The molecule has 3 heterocycles. The van der Waals surface area contributed by atoms with Crippen molar-refractivity contribution in [1.82, 2.24) is 25.2 Å².